The number of H-pyrrole nitrogens is 1. The number of fused-ring (bicyclic) bond motifs is 2. The number of hydrogen-bond donors (Lipinski definition) is 1. The minimum Gasteiger partial charge on any atom is -0.469 e. The smallest absolute Gasteiger partial charge is 0.309 e. The molecule has 2 aromatic carbocycles. The number of oxazole rings is 1. The van der Waals surface area contributed by atoms with E-state index in [1.165, 1.54) is 7.11 Å². The highest BCUT2D eigenvalue weighted by Gasteiger charge is 2.14. The Morgan fingerprint density at radius 3 is 2.88 bits per heavy atom. The molecular formula is C19H15FN2O3. The van der Waals surface area contributed by atoms with Gasteiger partial charge in [0.2, 0.25) is 5.89 Å². The predicted molar refractivity (Wildman–Crippen MR) is 91.8 cm³/mol. The Labute approximate surface area is 142 Å². The maximum Gasteiger partial charge on any atom is 0.309 e. The fourth-order valence-corrected chi connectivity index (χ4v) is 2.87. The molecule has 4 rings (SSSR count). The highest BCUT2D eigenvalue weighted by atomic mass is 19.1. The molecule has 0 amide bonds. The molecule has 25 heavy (non-hydrogen) atoms. The average molecular weight is 338 g/mol. The third-order valence-electron chi connectivity index (χ3n) is 4.16. The Morgan fingerprint density at radius 1 is 1.24 bits per heavy atom. The van der Waals surface area contributed by atoms with Crippen LogP contribution in [0.2, 0.25) is 0 Å². The fourth-order valence-electron chi connectivity index (χ4n) is 2.87. The van der Waals surface area contributed by atoms with E-state index in [-0.39, 0.29) is 12.4 Å². The van der Waals surface area contributed by atoms with Crippen LogP contribution in [0.4, 0.5) is 4.39 Å². The van der Waals surface area contributed by atoms with Crippen molar-refractivity contribution in [3.05, 3.63) is 53.7 Å². The van der Waals surface area contributed by atoms with Crippen molar-refractivity contribution in [2.45, 2.75) is 13.1 Å². The lowest BCUT2D eigenvalue weighted by Gasteiger charge is -1.98. The van der Waals surface area contributed by atoms with Crippen molar-refractivity contribution in [2.24, 2.45) is 0 Å². The van der Waals surface area contributed by atoms with Gasteiger partial charge < -0.3 is 14.1 Å². The summed E-state index contributed by atoms with van der Waals surface area (Å²) in [6.45, 7) is -0.504. The highest BCUT2D eigenvalue weighted by Crippen LogP contribution is 2.31. The summed E-state index contributed by atoms with van der Waals surface area (Å²) in [6.07, 6.45) is 1.98. The molecule has 4 aromatic rings. The number of alkyl halides is 1. The van der Waals surface area contributed by atoms with Crippen LogP contribution < -0.4 is 0 Å². The van der Waals surface area contributed by atoms with Crippen molar-refractivity contribution in [3.63, 3.8) is 0 Å². The maximum atomic E-state index is 12.8. The van der Waals surface area contributed by atoms with Gasteiger partial charge in [-0.2, -0.15) is 0 Å². The van der Waals surface area contributed by atoms with Crippen LogP contribution in [0, 0.1) is 0 Å². The molecule has 0 bridgehead atoms. The minimum absolute atomic E-state index is 0.182. The molecule has 0 fully saturated rings. The molecule has 0 aliphatic carbocycles. The molecule has 1 N–H and O–H groups in total. The first-order valence-corrected chi connectivity index (χ1v) is 7.80. The van der Waals surface area contributed by atoms with E-state index < -0.39 is 6.67 Å². The van der Waals surface area contributed by atoms with Crippen LogP contribution >= 0.6 is 0 Å². The van der Waals surface area contributed by atoms with Gasteiger partial charge in [-0.1, -0.05) is 18.2 Å². The van der Waals surface area contributed by atoms with Gasteiger partial charge in [0, 0.05) is 17.1 Å². The summed E-state index contributed by atoms with van der Waals surface area (Å²) >= 11 is 0. The van der Waals surface area contributed by atoms with E-state index in [0.29, 0.717) is 22.6 Å². The SMILES string of the molecule is COC(=O)Cc1ccc2nc(-c3c[nH]c4cc(CF)ccc34)oc2c1. The summed E-state index contributed by atoms with van der Waals surface area (Å²) in [6, 6.07) is 10.8. The zero-order valence-corrected chi connectivity index (χ0v) is 13.5. The van der Waals surface area contributed by atoms with Crippen molar-refractivity contribution in [1.29, 1.82) is 0 Å². The Balaban J connectivity index is 1.75. The summed E-state index contributed by atoms with van der Waals surface area (Å²) in [4.78, 5) is 19.0. The van der Waals surface area contributed by atoms with Crippen molar-refractivity contribution < 1.29 is 18.3 Å². The van der Waals surface area contributed by atoms with Crippen molar-refractivity contribution in [3.8, 4) is 11.5 Å². The number of ether oxygens (including phenoxy) is 1. The van der Waals surface area contributed by atoms with Gasteiger partial charge in [-0.15, -0.1) is 0 Å². The second-order valence-corrected chi connectivity index (χ2v) is 5.79. The van der Waals surface area contributed by atoms with E-state index >= 15 is 0 Å². The van der Waals surface area contributed by atoms with Gasteiger partial charge in [0.15, 0.2) is 5.58 Å². The number of halogens is 1. The van der Waals surface area contributed by atoms with Crippen molar-refractivity contribution >= 4 is 28.0 Å². The Bertz CT molecular complexity index is 1080. The van der Waals surface area contributed by atoms with Gasteiger partial charge in [-0.05, 0) is 29.3 Å². The topological polar surface area (TPSA) is 68.1 Å². The second kappa shape index (κ2) is 6.05. The number of carbonyl (C=O) groups is 1. The van der Waals surface area contributed by atoms with Crippen LogP contribution in [0.15, 0.2) is 47.0 Å². The quantitative estimate of drug-likeness (QED) is 0.567. The molecule has 0 unspecified atom stereocenters. The van der Waals surface area contributed by atoms with Gasteiger partial charge in [0.1, 0.15) is 12.2 Å². The number of esters is 1. The molecule has 0 aliphatic rings. The number of aromatic nitrogens is 2. The third kappa shape index (κ3) is 2.76. The molecule has 0 spiro atoms. The molecule has 0 atom stereocenters. The molecule has 0 aliphatic heterocycles. The maximum absolute atomic E-state index is 12.8. The summed E-state index contributed by atoms with van der Waals surface area (Å²) < 4.78 is 23.4. The van der Waals surface area contributed by atoms with Crippen molar-refractivity contribution in [1.82, 2.24) is 9.97 Å². The number of carbonyl (C=O) groups excluding carboxylic acids is 1. The van der Waals surface area contributed by atoms with Gasteiger partial charge >= 0.3 is 5.97 Å². The second-order valence-electron chi connectivity index (χ2n) is 5.79. The van der Waals surface area contributed by atoms with E-state index in [0.717, 1.165) is 22.0 Å². The highest BCUT2D eigenvalue weighted by molar-refractivity contribution is 5.95. The predicted octanol–water partition coefficient (Wildman–Crippen LogP) is 4.16. The zero-order valence-electron chi connectivity index (χ0n) is 13.5. The van der Waals surface area contributed by atoms with E-state index in [1.54, 1.807) is 24.4 Å². The van der Waals surface area contributed by atoms with Crippen LogP contribution in [-0.2, 0) is 22.6 Å². The molecule has 0 saturated heterocycles. The Hall–Kier alpha value is -3.15. The van der Waals surface area contributed by atoms with Crippen LogP contribution in [-0.4, -0.2) is 23.0 Å². The van der Waals surface area contributed by atoms with Crippen LogP contribution in [0.25, 0.3) is 33.5 Å². The normalized spacial score (nSPS) is 11.3. The summed E-state index contributed by atoms with van der Waals surface area (Å²) in [5, 5.41) is 0.915. The number of rotatable bonds is 4. The van der Waals surface area contributed by atoms with E-state index in [2.05, 4.69) is 14.7 Å². The third-order valence-corrected chi connectivity index (χ3v) is 4.16. The van der Waals surface area contributed by atoms with E-state index in [4.69, 9.17) is 4.42 Å². The molecule has 0 saturated carbocycles. The first-order chi connectivity index (χ1) is 12.2. The lowest BCUT2D eigenvalue weighted by atomic mass is 10.1. The largest absolute Gasteiger partial charge is 0.469 e. The van der Waals surface area contributed by atoms with Gasteiger partial charge in [-0.25, -0.2) is 9.37 Å². The van der Waals surface area contributed by atoms with Crippen LogP contribution in [0.3, 0.4) is 0 Å². The standard InChI is InChI=1S/C19H15FN2O3/c1-24-18(23)8-11-3-5-15-17(7-11)25-19(22-15)14-10-21-16-6-12(9-20)2-4-13(14)16/h2-7,10,21H,8-9H2,1H3. The number of methoxy groups -OCH3 is 1. The molecule has 2 aromatic heterocycles. The van der Waals surface area contributed by atoms with Crippen LogP contribution in [0.1, 0.15) is 11.1 Å². The minimum atomic E-state index is -0.504. The number of hydrogen-bond acceptors (Lipinski definition) is 4. The zero-order chi connectivity index (χ0) is 17.4. The summed E-state index contributed by atoms with van der Waals surface area (Å²) in [7, 11) is 1.36. The van der Waals surface area contributed by atoms with Crippen LogP contribution in [0.5, 0.6) is 0 Å². The molecule has 6 heteroatoms. The first-order valence-electron chi connectivity index (χ1n) is 7.80. The lowest BCUT2D eigenvalue weighted by Crippen LogP contribution is -2.03. The van der Waals surface area contributed by atoms with Crippen molar-refractivity contribution in [2.75, 3.05) is 7.11 Å². The Kier molecular flexibility index (Phi) is 3.72. The molecule has 2 heterocycles. The first kappa shape index (κ1) is 15.4. The number of aromatic amines is 1. The molecule has 5 nitrogen and oxygen atoms in total. The van der Waals surface area contributed by atoms with E-state index in [1.807, 2.05) is 18.2 Å². The van der Waals surface area contributed by atoms with Gasteiger partial charge in [0.05, 0.1) is 19.1 Å². The van der Waals surface area contributed by atoms with Gasteiger partial charge in [-0.3, -0.25) is 4.79 Å². The molecule has 126 valence electrons. The van der Waals surface area contributed by atoms with Gasteiger partial charge in [0.25, 0.3) is 0 Å². The molecule has 0 radical (unpaired) electrons. The average Bonchev–Trinajstić information content (AvgIpc) is 3.23. The molecular weight excluding hydrogens is 323 g/mol. The number of nitrogens with zero attached hydrogens (tertiary/aromatic N) is 1. The fraction of sp³-hybridized carbons (Fsp3) is 0.158. The number of nitrogens with one attached hydrogen (secondary N) is 1. The Morgan fingerprint density at radius 2 is 2.08 bits per heavy atom. The lowest BCUT2D eigenvalue weighted by molar-refractivity contribution is -0.139. The van der Waals surface area contributed by atoms with E-state index in [9.17, 15) is 9.18 Å². The summed E-state index contributed by atoms with van der Waals surface area (Å²) in [5.41, 5.74) is 4.37. The monoisotopic (exact) mass is 338 g/mol. The number of benzene rings is 2. The summed E-state index contributed by atoms with van der Waals surface area (Å²) in [5.74, 6) is 0.170.